The van der Waals surface area contributed by atoms with Gasteiger partial charge in [-0.1, -0.05) is 26.0 Å². The summed E-state index contributed by atoms with van der Waals surface area (Å²) in [5, 5.41) is 0.645. The maximum Gasteiger partial charge on any atom is 0.336 e. The van der Waals surface area contributed by atoms with Gasteiger partial charge in [0.25, 0.3) is 10.0 Å². The molecular formula is C19H19NO4S. The summed E-state index contributed by atoms with van der Waals surface area (Å²) in [4.78, 5) is 11.4. The van der Waals surface area contributed by atoms with Crippen LogP contribution in [0.1, 0.15) is 19.4 Å². The van der Waals surface area contributed by atoms with Crippen molar-refractivity contribution in [3.63, 3.8) is 0 Å². The van der Waals surface area contributed by atoms with Crippen molar-refractivity contribution in [3.8, 4) is 0 Å². The zero-order valence-electron chi connectivity index (χ0n) is 14.0. The second-order valence-corrected chi connectivity index (χ2v) is 8.04. The number of anilines is 1. The minimum Gasteiger partial charge on any atom is -0.423 e. The van der Waals surface area contributed by atoms with Gasteiger partial charge in [-0.15, -0.1) is 0 Å². The first-order chi connectivity index (χ1) is 11.8. The molecule has 2 aromatic carbocycles. The summed E-state index contributed by atoms with van der Waals surface area (Å²) in [6.07, 6.45) is 0.906. The van der Waals surface area contributed by atoms with Gasteiger partial charge in [0.1, 0.15) is 5.58 Å². The molecule has 0 radical (unpaired) electrons. The number of rotatable bonds is 5. The van der Waals surface area contributed by atoms with E-state index in [0.29, 0.717) is 22.6 Å². The van der Waals surface area contributed by atoms with Gasteiger partial charge in [0.2, 0.25) is 0 Å². The van der Waals surface area contributed by atoms with Crippen LogP contribution in [0.2, 0.25) is 0 Å². The molecular weight excluding hydrogens is 338 g/mol. The van der Waals surface area contributed by atoms with Crippen LogP contribution in [0.3, 0.4) is 0 Å². The molecule has 1 N–H and O–H groups in total. The van der Waals surface area contributed by atoms with E-state index in [-0.39, 0.29) is 4.90 Å². The van der Waals surface area contributed by atoms with Gasteiger partial charge < -0.3 is 4.42 Å². The highest BCUT2D eigenvalue weighted by Crippen LogP contribution is 2.21. The molecule has 5 nitrogen and oxygen atoms in total. The standard InChI is InChI=1S/C19H19NO4S/c1-13(2)11-14-3-7-17(8-4-14)25(22,23)20-16-6-9-18-15(12-16)5-10-19(21)24-18/h3-10,12-13,20H,11H2,1-2H3. The molecule has 0 spiro atoms. The van der Waals surface area contributed by atoms with Gasteiger partial charge in [0.15, 0.2) is 0 Å². The van der Waals surface area contributed by atoms with E-state index >= 15 is 0 Å². The summed E-state index contributed by atoms with van der Waals surface area (Å²) in [5.41, 5.74) is 1.48. The number of fused-ring (bicyclic) bond motifs is 1. The van der Waals surface area contributed by atoms with Gasteiger partial charge in [-0.3, -0.25) is 4.72 Å². The monoisotopic (exact) mass is 357 g/mol. The fraction of sp³-hybridized carbons (Fsp3) is 0.211. The average molecular weight is 357 g/mol. The lowest BCUT2D eigenvalue weighted by atomic mass is 10.0. The Morgan fingerprint density at radius 1 is 1.00 bits per heavy atom. The predicted octanol–water partition coefficient (Wildman–Crippen LogP) is 3.79. The van der Waals surface area contributed by atoms with E-state index in [2.05, 4.69) is 18.6 Å². The Kier molecular flexibility index (Phi) is 4.63. The average Bonchev–Trinajstić information content (AvgIpc) is 2.54. The number of sulfonamides is 1. The Labute approximate surface area is 146 Å². The maximum atomic E-state index is 12.5. The van der Waals surface area contributed by atoms with Crippen molar-refractivity contribution >= 4 is 26.7 Å². The number of benzene rings is 2. The van der Waals surface area contributed by atoms with E-state index < -0.39 is 15.6 Å². The summed E-state index contributed by atoms with van der Waals surface area (Å²) >= 11 is 0. The molecule has 1 aromatic heterocycles. The summed E-state index contributed by atoms with van der Waals surface area (Å²) in [7, 11) is -3.68. The molecule has 0 amide bonds. The van der Waals surface area contributed by atoms with Crippen molar-refractivity contribution < 1.29 is 12.8 Å². The second-order valence-electron chi connectivity index (χ2n) is 6.35. The molecule has 0 atom stereocenters. The lowest BCUT2D eigenvalue weighted by Gasteiger charge is -2.10. The third-order valence-electron chi connectivity index (χ3n) is 3.75. The van der Waals surface area contributed by atoms with Crippen LogP contribution < -0.4 is 10.3 Å². The van der Waals surface area contributed by atoms with Crippen LogP contribution in [0, 0.1) is 5.92 Å². The SMILES string of the molecule is CC(C)Cc1ccc(S(=O)(=O)Nc2ccc3oc(=O)ccc3c2)cc1. The van der Waals surface area contributed by atoms with Crippen LogP contribution in [0.15, 0.2) is 68.7 Å². The Bertz CT molecular complexity index is 1050. The smallest absolute Gasteiger partial charge is 0.336 e. The minimum absolute atomic E-state index is 0.208. The number of nitrogens with one attached hydrogen (secondary N) is 1. The van der Waals surface area contributed by atoms with E-state index in [1.807, 2.05) is 12.1 Å². The van der Waals surface area contributed by atoms with Crippen molar-refractivity contribution in [2.24, 2.45) is 5.92 Å². The molecule has 0 fully saturated rings. The summed E-state index contributed by atoms with van der Waals surface area (Å²) in [6, 6.07) is 14.6. The van der Waals surface area contributed by atoms with E-state index in [4.69, 9.17) is 4.42 Å². The Morgan fingerprint density at radius 3 is 2.40 bits per heavy atom. The van der Waals surface area contributed by atoms with Crippen LogP contribution >= 0.6 is 0 Å². The lowest BCUT2D eigenvalue weighted by Crippen LogP contribution is -2.13. The summed E-state index contributed by atoms with van der Waals surface area (Å²) in [5.74, 6) is 0.512. The molecule has 3 aromatic rings. The Morgan fingerprint density at radius 2 is 1.72 bits per heavy atom. The largest absolute Gasteiger partial charge is 0.423 e. The highest BCUT2D eigenvalue weighted by Gasteiger charge is 2.14. The van der Waals surface area contributed by atoms with Gasteiger partial charge in [-0.05, 0) is 54.3 Å². The van der Waals surface area contributed by atoms with Crippen molar-refractivity contribution in [1.29, 1.82) is 0 Å². The summed E-state index contributed by atoms with van der Waals surface area (Å²) in [6.45, 7) is 4.24. The quantitative estimate of drug-likeness (QED) is 0.705. The van der Waals surface area contributed by atoms with Gasteiger partial charge in [-0.2, -0.15) is 0 Å². The molecule has 0 unspecified atom stereocenters. The summed E-state index contributed by atoms with van der Waals surface area (Å²) < 4.78 is 32.7. The minimum atomic E-state index is -3.68. The van der Waals surface area contributed by atoms with E-state index in [0.717, 1.165) is 12.0 Å². The van der Waals surface area contributed by atoms with Crippen LogP contribution in [-0.4, -0.2) is 8.42 Å². The first-order valence-electron chi connectivity index (χ1n) is 7.99. The van der Waals surface area contributed by atoms with Crippen molar-refractivity contribution in [3.05, 3.63) is 70.6 Å². The zero-order valence-corrected chi connectivity index (χ0v) is 14.8. The molecule has 25 heavy (non-hydrogen) atoms. The van der Waals surface area contributed by atoms with Gasteiger partial charge in [0.05, 0.1) is 4.90 Å². The Balaban J connectivity index is 1.85. The first kappa shape index (κ1) is 17.2. The normalized spacial score (nSPS) is 11.8. The van der Waals surface area contributed by atoms with Crippen LogP contribution in [0.5, 0.6) is 0 Å². The Hall–Kier alpha value is -2.60. The molecule has 0 saturated carbocycles. The van der Waals surface area contributed by atoms with Crippen molar-refractivity contribution in [2.75, 3.05) is 4.72 Å². The lowest BCUT2D eigenvalue weighted by molar-refractivity contribution is 0.561. The van der Waals surface area contributed by atoms with Crippen LogP contribution in [0.4, 0.5) is 5.69 Å². The van der Waals surface area contributed by atoms with Gasteiger partial charge >= 0.3 is 5.63 Å². The fourth-order valence-electron chi connectivity index (χ4n) is 2.63. The zero-order chi connectivity index (χ0) is 18.0. The van der Waals surface area contributed by atoms with E-state index in [1.54, 1.807) is 36.4 Å². The highest BCUT2D eigenvalue weighted by molar-refractivity contribution is 7.92. The third kappa shape index (κ3) is 4.09. The molecule has 0 aliphatic carbocycles. The third-order valence-corrected chi connectivity index (χ3v) is 5.15. The molecule has 0 saturated heterocycles. The maximum absolute atomic E-state index is 12.5. The van der Waals surface area contributed by atoms with Crippen molar-refractivity contribution in [1.82, 2.24) is 0 Å². The first-order valence-corrected chi connectivity index (χ1v) is 9.47. The number of hydrogen-bond acceptors (Lipinski definition) is 4. The molecule has 0 aliphatic rings. The molecule has 1 heterocycles. The van der Waals surface area contributed by atoms with Gasteiger partial charge in [0, 0.05) is 17.1 Å². The second kappa shape index (κ2) is 6.72. The van der Waals surface area contributed by atoms with E-state index in [1.165, 1.54) is 6.07 Å². The van der Waals surface area contributed by atoms with Crippen LogP contribution in [-0.2, 0) is 16.4 Å². The van der Waals surface area contributed by atoms with Crippen molar-refractivity contribution in [2.45, 2.75) is 25.2 Å². The molecule has 3 rings (SSSR count). The molecule has 0 bridgehead atoms. The topological polar surface area (TPSA) is 76.4 Å². The fourth-order valence-corrected chi connectivity index (χ4v) is 3.68. The number of hydrogen-bond donors (Lipinski definition) is 1. The van der Waals surface area contributed by atoms with E-state index in [9.17, 15) is 13.2 Å². The highest BCUT2D eigenvalue weighted by atomic mass is 32.2. The molecule has 0 aliphatic heterocycles. The van der Waals surface area contributed by atoms with Crippen LogP contribution in [0.25, 0.3) is 11.0 Å². The van der Waals surface area contributed by atoms with Gasteiger partial charge in [-0.25, -0.2) is 13.2 Å². The molecule has 6 heteroatoms. The predicted molar refractivity (Wildman–Crippen MR) is 98.3 cm³/mol. The molecule has 130 valence electrons.